The van der Waals surface area contributed by atoms with Gasteiger partial charge in [-0.1, -0.05) is 6.92 Å². The molecule has 0 aromatic carbocycles. The van der Waals surface area contributed by atoms with Crippen LogP contribution in [-0.4, -0.2) is 30.7 Å². The van der Waals surface area contributed by atoms with Crippen LogP contribution in [-0.2, 0) is 0 Å². The second kappa shape index (κ2) is 4.01. The molecule has 0 amide bonds. The van der Waals surface area contributed by atoms with Crippen molar-refractivity contribution in [2.24, 2.45) is 17.8 Å². The first-order valence-electron chi connectivity index (χ1n) is 7.51. The molecule has 4 atom stereocenters. The van der Waals surface area contributed by atoms with Crippen molar-refractivity contribution in [3.8, 4) is 0 Å². The maximum atomic E-state index is 2.55. The van der Waals surface area contributed by atoms with E-state index in [4.69, 9.17) is 0 Å². The van der Waals surface area contributed by atoms with Crippen LogP contribution in [0.15, 0.2) is 0 Å². The highest BCUT2D eigenvalue weighted by atomic mass is 15.4. The minimum absolute atomic E-state index is 1.03. The highest BCUT2D eigenvalue weighted by molar-refractivity contribution is 4.91. The molecule has 3 aliphatic rings. The Balaban J connectivity index is 1.65. The van der Waals surface area contributed by atoms with E-state index < -0.39 is 0 Å². The van der Waals surface area contributed by atoms with Crippen molar-refractivity contribution in [1.82, 2.24) is 0 Å². The van der Waals surface area contributed by atoms with Gasteiger partial charge in [0.25, 0.3) is 0 Å². The van der Waals surface area contributed by atoms with E-state index >= 15 is 0 Å². The van der Waals surface area contributed by atoms with E-state index in [-0.39, 0.29) is 0 Å². The molecular formula is C15H28N+. The first-order valence-corrected chi connectivity index (χ1v) is 7.51. The molecular weight excluding hydrogens is 194 g/mol. The lowest BCUT2D eigenvalue weighted by Crippen LogP contribution is -2.54. The fourth-order valence-electron chi connectivity index (χ4n) is 5.00. The summed E-state index contributed by atoms with van der Waals surface area (Å²) >= 11 is 0. The summed E-state index contributed by atoms with van der Waals surface area (Å²) in [5, 5.41) is 0. The molecule has 0 radical (unpaired) electrons. The van der Waals surface area contributed by atoms with Gasteiger partial charge in [-0.15, -0.1) is 0 Å². The molecule has 0 spiro atoms. The molecule has 1 aliphatic heterocycles. The highest BCUT2D eigenvalue weighted by Crippen LogP contribution is 2.49. The normalized spacial score (nSPS) is 46.9. The Morgan fingerprint density at radius 3 is 1.94 bits per heavy atom. The van der Waals surface area contributed by atoms with Gasteiger partial charge in [0.15, 0.2) is 0 Å². The Bertz CT molecular complexity index is 240. The topological polar surface area (TPSA) is 0 Å². The lowest BCUT2D eigenvalue weighted by molar-refractivity contribution is -0.937. The maximum Gasteiger partial charge on any atom is 0.0893 e. The van der Waals surface area contributed by atoms with Gasteiger partial charge >= 0.3 is 0 Å². The summed E-state index contributed by atoms with van der Waals surface area (Å²) in [6.45, 7) is 5.41. The molecule has 0 aromatic heterocycles. The number of hydrogen-bond acceptors (Lipinski definition) is 0. The van der Waals surface area contributed by atoms with E-state index in [1.807, 2.05) is 0 Å². The third-order valence-corrected chi connectivity index (χ3v) is 5.95. The molecule has 2 unspecified atom stereocenters. The average Bonchev–Trinajstić information content (AvgIpc) is 2.76. The van der Waals surface area contributed by atoms with Crippen LogP contribution in [0.5, 0.6) is 0 Å². The lowest BCUT2D eigenvalue weighted by atomic mass is 9.99. The molecule has 1 heterocycles. The SMILES string of the molecule is CC1C[C@@H]2CC([N+]3(C)CCCCC3)C[C@@H]2C1. The zero-order chi connectivity index (χ0) is 11.2. The van der Waals surface area contributed by atoms with Crippen LogP contribution in [0.1, 0.15) is 51.9 Å². The van der Waals surface area contributed by atoms with Crippen LogP contribution >= 0.6 is 0 Å². The van der Waals surface area contributed by atoms with Crippen LogP contribution in [0.2, 0.25) is 0 Å². The van der Waals surface area contributed by atoms with Gasteiger partial charge in [-0.2, -0.15) is 0 Å². The number of hydrogen-bond donors (Lipinski definition) is 0. The molecule has 1 saturated heterocycles. The number of likely N-dealkylation sites (tertiary alicyclic amines) is 1. The molecule has 1 nitrogen and oxygen atoms in total. The van der Waals surface area contributed by atoms with Gasteiger partial charge in [0.05, 0.1) is 26.2 Å². The van der Waals surface area contributed by atoms with E-state index in [1.54, 1.807) is 25.7 Å². The van der Waals surface area contributed by atoms with E-state index in [1.165, 1.54) is 36.8 Å². The summed E-state index contributed by atoms with van der Waals surface area (Å²) in [5.74, 6) is 3.25. The van der Waals surface area contributed by atoms with E-state index in [0.29, 0.717) is 0 Å². The van der Waals surface area contributed by atoms with Crippen LogP contribution < -0.4 is 0 Å². The van der Waals surface area contributed by atoms with Gasteiger partial charge in [-0.05, 0) is 49.9 Å². The first-order chi connectivity index (χ1) is 7.67. The van der Waals surface area contributed by atoms with Crippen molar-refractivity contribution < 1.29 is 4.48 Å². The fraction of sp³-hybridized carbons (Fsp3) is 1.00. The van der Waals surface area contributed by atoms with Crippen LogP contribution in [0.25, 0.3) is 0 Å². The monoisotopic (exact) mass is 222 g/mol. The number of quaternary nitrogens is 1. The Labute approximate surface area is 101 Å². The predicted octanol–water partition coefficient (Wildman–Crippen LogP) is 3.44. The maximum absolute atomic E-state index is 2.55. The summed E-state index contributed by atoms with van der Waals surface area (Å²) in [6.07, 6.45) is 10.7. The van der Waals surface area contributed by atoms with Gasteiger partial charge in [0.1, 0.15) is 0 Å². The summed E-state index contributed by atoms with van der Waals surface area (Å²) in [6, 6.07) is 1.03. The number of nitrogens with zero attached hydrogens (tertiary/aromatic N) is 1. The Kier molecular flexibility index (Phi) is 2.78. The summed E-state index contributed by atoms with van der Waals surface area (Å²) in [7, 11) is 2.55. The minimum Gasteiger partial charge on any atom is -0.324 e. The Hall–Kier alpha value is -0.0400. The number of fused-ring (bicyclic) bond motifs is 1. The summed E-state index contributed by atoms with van der Waals surface area (Å²) < 4.78 is 1.43. The zero-order valence-electron chi connectivity index (χ0n) is 11.1. The summed E-state index contributed by atoms with van der Waals surface area (Å²) in [5.41, 5.74) is 0. The van der Waals surface area contributed by atoms with Gasteiger partial charge < -0.3 is 4.48 Å². The van der Waals surface area contributed by atoms with E-state index in [9.17, 15) is 0 Å². The molecule has 0 aromatic rings. The third kappa shape index (κ3) is 1.81. The minimum atomic E-state index is 1.03. The highest BCUT2D eigenvalue weighted by Gasteiger charge is 2.47. The Morgan fingerprint density at radius 1 is 0.812 bits per heavy atom. The molecule has 1 heteroatoms. The van der Waals surface area contributed by atoms with E-state index in [2.05, 4.69) is 14.0 Å². The largest absolute Gasteiger partial charge is 0.324 e. The van der Waals surface area contributed by atoms with Crippen molar-refractivity contribution >= 4 is 0 Å². The molecule has 2 aliphatic carbocycles. The molecule has 92 valence electrons. The second-order valence-electron chi connectivity index (χ2n) is 7.21. The van der Waals surface area contributed by atoms with Gasteiger partial charge in [0.2, 0.25) is 0 Å². The number of rotatable bonds is 1. The molecule has 3 rings (SSSR count). The lowest BCUT2D eigenvalue weighted by Gasteiger charge is -2.43. The fourth-order valence-corrected chi connectivity index (χ4v) is 5.00. The van der Waals surface area contributed by atoms with Crippen LogP contribution in [0.3, 0.4) is 0 Å². The molecule has 2 saturated carbocycles. The van der Waals surface area contributed by atoms with Gasteiger partial charge in [0, 0.05) is 12.8 Å². The zero-order valence-corrected chi connectivity index (χ0v) is 11.1. The van der Waals surface area contributed by atoms with Crippen molar-refractivity contribution in [3.63, 3.8) is 0 Å². The van der Waals surface area contributed by atoms with Crippen LogP contribution in [0, 0.1) is 17.8 Å². The predicted molar refractivity (Wildman–Crippen MR) is 68.2 cm³/mol. The van der Waals surface area contributed by atoms with E-state index in [0.717, 1.165) is 23.8 Å². The molecule has 0 N–H and O–H groups in total. The van der Waals surface area contributed by atoms with Crippen molar-refractivity contribution in [1.29, 1.82) is 0 Å². The average molecular weight is 222 g/mol. The van der Waals surface area contributed by atoms with Crippen molar-refractivity contribution in [2.75, 3.05) is 20.1 Å². The Morgan fingerprint density at radius 2 is 1.38 bits per heavy atom. The van der Waals surface area contributed by atoms with Crippen LogP contribution in [0.4, 0.5) is 0 Å². The smallest absolute Gasteiger partial charge is 0.0893 e. The van der Waals surface area contributed by atoms with Gasteiger partial charge in [-0.25, -0.2) is 0 Å². The summed E-state index contributed by atoms with van der Waals surface area (Å²) in [4.78, 5) is 0. The molecule has 3 fully saturated rings. The quantitative estimate of drug-likeness (QED) is 0.596. The standard InChI is InChI=1S/C15H28N/c1-12-8-13-10-15(11-14(13)9-12)16(2)6-4-3-5-7-16/h12-15H,3-11H2,1-2H3/q+1/t12?,13-,14+,15?. The van der Waals surface area contributed by atoms with Gasteiger partial charge in [-0.3, -0.25) is 0 Å². The van der Waals surface area contributed by atoms with Crippen molar-refractivity contribution in [2.45, 2.75) is 57.9 Å². The van der Waals surface area contributed by atoms with Crippen molar-refractivity contribution in [3.05, 3.63) is 0 Å². The number of piperidine rings is 1. The molecule has 0 bridgehead atoms. The third-order valence-electron chi connectivity index (χ3n) is 5.95. The second-order valence-corrected chi connectivity index (χ2v) is 7.21. The first kappa shape index (κ1) is 11.1. The molecule has 16 heavy (non-hydrogen) atoms.